The molecule has 0 spiro atoms. The summed E-state index contributed by atoms with van der Waals surface area (Å²) in [5.74, 6) is 0.722. The van der Waals surface area contributed by atoms with E-state index in [0.717, 1.165) is 48.0 Å². The molecule has 0 saturated heterocycles. The second-order valence-corrected chi connectivity index (χ2v) is 6.62. The molecule has 1 aromatic heterocycles. The van der Waals surface area contributed by atoms with Gasteiger partial charge in [-0.1, -0.05) is 38.0 Å². The van der Waals surface area contributed by atoms with Gasteiger partial charge in [-0.15, -0.1) is 0 Å². The Hall–Kier alpha value is -1.65. The molecule has 22 heavy (non-hydrogen) atoms. The van der Waals surface area contributed by atoms with Crippen molar-refractivity contribution in [3.05, 3.63) is 35.9 Å². The highest BCUT2D eigenvalue weighted by Gasteiger charge is 2.35. The predicted molar refractivity (Wildman–Crippen MR) is 88.7 cm³/mol. The van der Waals surface area contributed by atoms with Crippen LogP contribution in [0.4, 0.5) is 5.82 Å². The molecule has 1 aliphatic carbocycles. The van der Waals surface area contributed by atoms with Crippen molar-refractivity contribution in [1.29, 1.82) is 0 Å². The van der Waals surface area contributed by atoms with Crippen LogP contribution in [0.25, 0.3) is 10.9 Å². The lowest BCUT2D eigenvalue weighted by Gasteiger charge is -2.38. The molecule has 2 unspecified atom stereocenters. The Bertz CT molecular complexity index is 659. The molecule has 1 aliphatic rings. The number of rotatable bonds is 4. The Balaban J connectivity index is 1.83. The molecule has 0 aliphatic heterocycles. The lowest BCUT2D eigenvalue weighted by molar-refractivity contribution is 0.00957. The first-order valence-electron chi connectivity index (χ1n) is 8.04. The molecule has 118 valence electrons. The monoisotopic (exact) mass is 300 g/mol. The Labute approximate surface area is 131 Å². The van der Waals surface area contributed by atoms with E-state index in [1.807, 2.05) is 30.3 Å². The molecule has 3 N–H and O–H groups in total. The van der Waals surface area contributed by atoms with E-state index in [1.165, 1.54) is 0 Å². The molecule has 0 bridgehead atoms. The zero-order chi connectivity index (χ0) is 15.6. The summed E-state index contributed by atoms with van der Waals surface area (Å²) in [5.41, 5.74) is 1.59. The average molecular weight is 300 g/mol. The fourth-order valence-corrected chi connectivity index (χ4v) is 3.31. The minimum Gasteiger partial charge on any atom is -0.392 e. The molecule has 2 aromatic rings. The van der Waals surface area contributed by atoms with E-state index in [2.05, 4.69) is 17.2 Å². The minimum absolute atomic E-state index is 0.0422. The van der Waals surface area contributed by atoms with Gasteiger partial charge in [0.2, 0.25) is 0 Å². The smallest absolute Gasteiger partial charge is 0.132 e. The first-order valence-corrected chi connectivity index (χ1v) is 8.04. The number of aromatic nitrogens is 1. The van der Waals surface area contributed by atoms with Crippen LogP contribution in [0.3, 0.4) is 0 Å². The van der Waals surface area contributed by atoms with Gasteiger partial charge in [0.25, 0.3) is 0 Å². The SMILES string of the molecule is CC1(CNc2nc3ccccc3cc2CO)CCCCC1O. The van der Waals surface area contributed by atoms with Crippen molar-refractivity contribution in [3.63, 3.8) is 0 Å². The highest BCUT2D eigenvalue weighted by atomic mass is 16.3. The molecule has 3 rings (SSSR count). The minimum atomic E-state index is -0.271. The van der Waals surface area contributed by atoms with Gasteiger partial charge < -0.3 is 15.5 Å². The molecule has 4 heteroatoms. The van der Waals surface area contributed by atoms with E-state index in [9.17, 15) is 10.2 Å². The summed E-state index contributed by atoms with van der Waals surface area (Å²) in [6.07, 6.45) is 3.88. The summed E-state index contributed by atoms with van der Waals surface area (Å²) in [4.78, 5) is 4.63. The van der Waals surface area contributed by atoms with Gasteiger partial charge >= 0.3 is 0 Å². The standard InChI is InChI=1S/C18H24N2O2/c1-18(9-5-4-8-16(18)22)12-19-17-14(11-21)10-13-6-2-3-7-15(13)20-17/h2-3,6-7,10,16,21-22H,4-5,8-9,11-12H2,1H3,(H,19,20). The van der Waals surface area contributed by atoms with Crippen LogP contribution in [0.15, 0.2) is 30.3 Å². The van der Waals surface area contributed by atoms with Crippen molar-refractivity contribution < 1.29 is 10.2 Å². The normalized spacial score (nSPS) is 25.3. The Morgan fingerprint density at radius 2 is 2.14 bits per heavy atom. The van der Waals surface area contributed by atoms with Crippen molar-refractivity contribution in [1.82, 2.24) is 4.98 Å². The van der Waals surface area contributed by atoms with Gasteiger partial charge in [-0.3, -0.25) is 0 Å². The third kappa shape index (κ3) is 2.94. The number of hydrogen-bond acceptors (Lipinski definition) is 4. The van der Waals surface area contributed by atoms with Gasteiger partial charge in [-0.05, 0) is 25.0 Å². The van der Waals surface area contributed by atoms with E-state index in [-0.39, 0.29) is 18.1 Å². The van der Waals surface area contributed by atoms with Crippen LogP contribution in [-0.2, 0) is 6.61 Å². The van der Waals surface area contributed by atoms with Crippen LogP contribution >= 0.6 is 0 Å². The van der Waals surface area contributed by atoms with E-state index >= 15 is 0 Å². The molecule has 2 atom stereocenters. The molecule has 1 aromatic carbocycles. The largest absolute Gasteiger partial charge is 0.392 e. The third-order valence-electron chi connectivity index (χ3n) is 4.91. The highest BCUT2D eigenvalue weighted by molar-refractivity contribution is 5.81. The summed E-state index contributed by atoms with van der Waals surface area (Å²) in [7, 11) is 0. The molecular formula is C18H24N2O2. The number of anilines is 1. The molecular weight excluding hydrogens is 276 g/mol. The van der Waals surface area contributed by atoms with Gasteiger partial charge in [0, 0.05) is 22.9 Å². The lowest BCUT2D eigenvalue weighted by atomic mass is 9.73. The van der Waals surface area contributed by atoms with Crippen LogP contribution in [0.1, 0.15) is 38.2 Å². The molecule has 0 amide bonds. The highest BCUT2D eigenvalue weighted by Crippen LogP contribution is 2.36. The van der Waals surface area contributed by atoms with Gasteiger partial charge in [-0.25, -0.2) is 4.98 Å². The number of hydrogen-bond donors (Lipinski definition) is 3. The van der Waals surface area contributed by atoms with E-state index in [1.54, 1.807) is 0 Å². The van der Waals surface area contributed by atoms with E-state index in [4.69, 9.17) is 0 Å². The van der Waals surface area contributed by atoms with Crippen molar-refractivity contribution in [2.75, 3.05) is 11.9 Å². The number of benzene rings is 1. The predicted octanol–water partition coefficient (Wildman–Crippen LogP) is 3.08. The second-order valence-electron chi connectivity index (χ2n) is 6.62. The van der Waals surface area contributed by atoms with E-state index < -0.39 is 0 Å². The summed E-state index contributed by atoms with van der Waals surface area (Å²) in [5, 5.41) is 24.3. The van der Waals surface area contributed by atoms with Crippen LogP contribution in [0, 0.1) is 5.41 Å². The van der Waals surface area contributed by atoms with Crippen LogP contribution in [0.2, 0.25) is 0 Å². The summed E-state index contributed by atoms with van der Waals surface area (Å²) >= 11 is 0. The number of nitrogens with zero attached hydrogens (tertiary/aromatic N) is 1. The number of nitrogens with one attached hydrogen (secondary N) is 1. The molecule has 1 saturated carbocycles. The van der Waals surface area contributed by atoms with Crippen molar-refractivity contribution >= 4 is 16.7 Å². The maximum absolute atomic E-state index is 10.3. The fourth-order valence-electron chi connectivity index (χ4n) is 3.31. The molecule has 1 heterocycles. The van der Waals surface area contributed by atoms with Crippen molar-refractivity contribution in [3.8, 4) is 0 Å². The number of para-hydroxylation sites is 1. The van der Waals surface area contributed by atoms with Crippen molar-refractivity contribution in [2.24, 2.45) is 5.41 Å². The van der Waals surface area contributed by atoms with Gasteiger partial charge in [0.15, 0.2) is 0 Å². The van der Waals surface area contributed by atoms with Crippen LogP contribution in [0.5, 0.6) is 0 Å². The molecule has 4 nitrogen and oxygen atoms in total. The maximum Gasteiger partial charge on any atom is 0.132 e. The average Bonchev–Trinajstić information content (AvgIpc) is 2.55. The first kappa shape index (κ1) is 15.3. The van der Waals surface area contributed by atoms with Gasteiger partial charge in [-0.2, -0.15) is 0 Å². The Kier molecular flexibility index (Phi) is 4.32. The summed E-state index contributed by atoms with van der Waals surface area (Å²) < 4.78 is 0. The quantitative estimate of drug-likeness (QED) is 0.812. The van der Waals surface area contributed by atoms with Gasteiger partial charge in [0.1, 0.15) is 5.82 Å². The van der Waals surface area contributed by atoms with Crippen molar-refractivity contribution in [2.45, 2.75) is 45.3 Å². The number of aliphatic hydroxyl groups is 2. The Morgan fingerprint density at radius 3 is 2.91 bits per heavy atom. The molecule has 0 radical (unpaired) electrons. The summed E-state index contributed by atoms with van der Waals surface area (Å²) in [6, 6.07) is 9.88. The first-order chi connectivity index (χ1) is 10.6. The number of pyridine rings is 1. The Morgan fingerprint density at radius 1 is 1.32 bits per heavy atom. The van der Waals surface area contributed by atoms with E-state index in [0.29, 0.717) is 6.54 Å². The number of aliphatic hydroxyl groups excluding tert-OH is 2. The zero-order valence-corrected chi connectivity index (χ0v) is 13.0. The lowest BCUT2D eigenvalue weighted by Crippen LogP contribution is -2.41. The fraction of sp³-hybridized carbons (Fsp3) is 0.500. The van der Waals surface area contributed by atoms with Crippen LogP contribution < -0.4 is 5.32 Å². The third-order valence-corrected chi connectivity index (χ3v) is 4.91. The van der Waals surface area contributed by atoms with Crippen LogP contribution in [-0.4, -0.2) is 27.8 Å². The second kappa shape index (κ2) is 6.23. The zero-order valence-electron chi connectivity index (χ0n) is 13.0. The maximum atomic E-state index is 10.3. The topological polar surface area (TPSA) is 65.4 Å². The van der Waals surface area contributed by atoms with Gasteiger partial charge in [0.05, 0.1) is 18.2 Å². The summed E-state index contributed by atoms with van der Waals surface area (Å²) in [6.45, 7) is 2.76. The molecule has 1 fully saturated rings. The number of fused-ring (bicyclic) bond motifs is 1.